The van der Waals surface area contributed by atoms with Gasteiger partial charge in [0.2, 0.25) is 6.29 Å². The number of esters is 1. The van der Waals surface area contributed by atoms with Crippen molar-refractivity contribution in [2.45, 2.75) is 167 Å². The zero-order chi connectivity index (χ0) is 59.3. The Morgan fingerprint density at radius 2 is 1.05 bits per heavy atom. The van der Waals surface area contributed by atoms with Crippen LogP contribution in [0.2, 0.25) is 0 Å². The van der Waals surface area contributed by atoms with E-state index < -0.39 is 31.1 Å². The molecule has 7 rings (SSSR count). The van der Waals surface area contributed by atoms with E-state index in [9.17, 15) is 14.7 Å². The molecule has 1 heterocycles. The summed E-state index contributed by atoms with van der Waals surface area (Å²) in [6.07, 6.45) is 36.5. The summed E-state index contributed by atoms with van der Waals surface area (Å²) in [6, 6.07) is 33.4. The molecule has 2 unspecified atom stereocenters. The molecule has 0 bridgehead atoms. The van der Waals surface area contributed by atoms with Gasteiger partial charge in [0.25, 0.3) is 0 Å². The summed E-state index contributed by atoms with van der Waals surface area (Å²) in [4.78, 5) is 20.7. The van der Waals surface area contributed by atoms with Gasteiger partial charge in [-0.2, -0.15) is 0 Å². The third-order valence-corrected chi connectivity index (χ3v) is 20.2. The second kappa shape index (κ2) is 32.1. The van der Waals surface area contributed by atoms with Gasteiger partial charge in [-0.3, -0.25) is 0 Å². The van der Waals surface area contributed by atoms with Gasteiger partial charge in [-0.05, 0) is 200 Å². The third-order valence-electron chi connectivity index (χ3n) is 16.0. The van der Waals surface area contributed by atoms with E-state index in [0.717, 1.165) is 17.3 Å². The average molecular weight is 1140 g/mol. The molecule has 6 nitrogen and oxygen atoms in total. The van der Waals surface area contributed by atoms with Crippen molar-refractivity contribution in [3.63, 3.8) is 0 Å². The number of aliphatic hydroxyl groups excluding tert-OH is 1. The first-order valence-corrected chi connectivity index (χ1v) is 30.7. The van der Waals surface area contributed by atoms with Crippen LogP contribution in [0.5, 0.6) is 0 Å². The molecule has 0 saturated carbocycles. The lowest BCUT2D eigenvalue weighted by Crippen LogP contribution is -3.00. The monoisotopic (exact) mass is 1130 g/mol. The molecule has 81 heavy (non-hydrogen) atoms. The van der Waals surface area contributed by atoms with Crippen molar-refractivity contribution in [2.75, 3.05) is 6.16 Å². The predicted octanol–water partition coefficient (Wildman–Crippen LogP) is 14.4. The molecule has 0 spiro atoms. The van der Waals surface area contributed by atoms with Crippen LogP contribution in [0.1, 0.15) is 155 Å². The first-order valence-electron chi connectivity index (χ1n) is 28.7. The molecule has 1 aliphatic heterocycles. The molecule has 2 atom stereocenters. The minimum Gasteiger partial charge on any atom is -1.00 e. The van der Waals surface area contributed by atoms with Crippen molar-refractivity contribution in [1.29, 1.82) is 0 Å². The van der Waals surface area contributed by atoms with Crippen molar-refractivity contribution in [2.24, 2.45) is 16.2 Å². The maximum absolute atomic E-state index is 10.5. The molecule has 3 N–H and O–H groups in total. The molecule has 0 saturated heterocycles. The van der Waals surface area contributed by atoms with Crippen molar-refractivity contribution in [3.05, 3.63) is 232 Å². The Morgan fingerprint density at radius 3 is 1.38 bits per heavy atom. The van der Waals surface area contributed by atoms with Crippen LogP contribution in [0.3, 0.4) is 0 Å². The number of carbonyl (C=O) groups excluding carboxylic acids is 1. The summed E-state index contributed by atoms with van der Waals surface area (Å²) in [6.45, 7) is 33.8. The Labute approximate surface area is 495 Å². The molecule has 0 aromatic heterocycles. The van der Waals surface area contributed by atoms with Crippen LogP contribution in [0.25, 0.3) is 0 Å². The number of carboxylic acids is 1. The van der Waals surface area contributed by atoms with Crippen LogP contribution in [0, 0.1) is 16.2 Å². The van der Waals surface area contributed by atoms with Crippen LogP contribution >= 0.6 is 7.26 Å². The number of rotatable bonds is 15. The quantitative estimate of drug-likeness (QED) is 0.0460. The number of ether oxygens (including phenoxy) is 1. The van der Waals surface area contributed by atoms with Gasteiger partial charge >= 0.3 is 11.9 Å². The first-order chi connectivity index (χ1) is 37.6. The second-order valence-corrected chi connectivity index (χ2v) is 27.9. The maximum Gasteiger partial charge on any atom is 0.333 e. The average Bonchev–Trinajstić information content (AvgIpc) is 3.77. The van der Waals surface area contributed by atoms with Gasteiger partial charge in [0.05, 0.1) is 11.8 Å². The number of halogens is 1. The fraction of sp³-hybridized carbons (Fsp3) is 0.397. The van der Waals surface area contributed by atoms with Crippen molar-refractivity contribution >= 4 is 35.1 Å². The number of hydrogen-bond donors (Lipinski definition) is 3. The van der Waals surface area contributed by atoms with Gasteiger partial charge in [-0.15, -0.1) is 0 Å². The third kappa shape index (κ3) is 21.4. The highest BCUT2D eigenvalue weighted by molar-refractivity contribution is 7.95. The van der Waals surface area contributed by atoms with E-state index in [1.807, 2.05) is 18.2 Å². The number of benzene rings is 3. The molecule has 8 heteroatoms. The van der Waals surface area contributed by atoms with Crippen LogP contribution in [-0.2, 0) is 14.3 Å². The number of allylic oxidation sites excluding steroid dienone is 18. The molecule has 0 radical (unpaired) electrons. The number of aliphatic carboxylic acids is 1. The smallest absolute Gasteiger partial charge is 0.333 e. The summed E-state index contributed by atoms with van der Waals surface area (Å²) in [7, 11) is -1.82. The van der Waals surface area contributed by atoms with Gasteiger partial charge in [-0.25, -0.2) is 9.59 Å². The maximum atomic E-state index is 10.5. The molecule has 3 aromatic carbocycles. The van der Waals surface area contributed by atoms with E-state index in [4.69, 9.17) is 10.2 Å². The SMILES string of the molecule is C=CC(C)(O)/C=C/C1=C(C)CCCC1(C)C.CC1=C(/C=C/C(C)=C/C=C/C(C)=C\C(=O)O)C(C)(C)CCC1.CC1=C(/C=C/C(C)=C/C[P+](c2ccccc2)(c2ccccc2)c2ccccc2)C(C)(C)CCC1.CC1=CC(=O)OC1O.[Cl-]. The molecule has 0 amide bonds. The molecule has 436 valence electrons. The Kier molecular flexibility index (Phi) is 27.5. The van der Waals surface area contributed by atoms with E-state index in [0.29, 0.717) is 5.57 Å². The Hall–Kier alpha value is -5.88. The van der Waals surface area contributed by atoms with E-state index >= 15 is 0 Å². The minimum atomic E-state index is -1.82. The van der Waals surface area contributed by atoms with E-state index in [2.05, 4.69) is 215 Å². The first kappa shape index (κ1) is 69.4. The number of carboxylic acid groups (broad SMARTS) is 1. The lowest BCUT2D eigenvalue weighted by atomic mass is 9.72. The summed E-state index contributed by atoms with van der Waals surface area (Å²) in [5, 5.41) is 31.5. The normalized spacial score (nSPS) is 20.1. The van der Waals surface area contributed by atoms with Gasteiger partial charge in [-0.1, -0.05) is 185 Å². The Balaban J connectivity index is 0.000000315. The van der Waals surface area contributed by atoms with E-state index in [1.165, 1.54) is 119 Å². The molecule has 0 fully saturated rings. The summed E-state index contributed by atoms with van der Waals surface area (Å²) >= 11 is 0. The molecular formula is C73H96ClO6P. The number of aliphatic hydroxyl groups is 2. The number of hydrogen-bond acceptors (Lipinski definition) is 5. The summed E-state index contributed by atoms with van der Waals surface area (Å²) in [5.41, 5.74) is 12.5. The van der Waals surface area contributed by atoms with E-state index in [1.54, 1.807) is 38.5 Å². The van der Waals surface area contributed by atoms with Crippen molar-refractivity contribution < 1.29 is 42.1 Å². The second-order valence-electron chi connectivity index (χ2n) is 24.3. The van der Waals surface area contributed by atoms with Crippen molar-refractivity contribution in [1.82, 2.24) is 0 Å². The molecular weight excluding hydrogens is 1040 g/mol. The van der Waals surface area contributed by atoms with Crippen LogP contribution in [0.15, 0.2) is 232 Å². The lowest BCUT2D eigenvalue weighted by molar-refractivity contribution is -0.151. The van der Waals surface area contributed by atoms with Gasteiger partial charge < -0.3 is 32.5 Å². The molecule has 3 aromatic rings. The zero-order valence-electron chi connectivity index (χ0n) is 51.4. The number of carbonyl (C=O) groups is 2. The highest BCUT2D eigenvalue weighted by Crippen LogP contribution is 2.55. The van der Waals surface area contributed by atoms with Gasteiger partial charge in [0, 0.05) is 17.7 Å². The number of cyclic esters (lactones) is 1. The van der Waals surface area contributed by atoms with Gasteiger partial charge in [0.15, 0.2) is 0 Å². The summed E-state index contributed by atoms with van der Waals surface area (Å²) in [5.74, 6) is -1.38. The Bertz CT molecular complexity index is 2830. The fourth-order valence-corrected chi connectivity index (χ4v) is 15.2. The van der Waals surface area contributed by atoms with Crippen LogP contribution in [-0.4, -0.2) is 45.3 Å². The minimum absolute atomic E-state index is 0. The zero-order valence-corrected chi connectivity index (χ0v) is 53.1. The van der Waals surface area contributed by atoms with E-state index in [-0.39, 0.29) is 28.7 Å². The van der Waals surface area contributed by atoms with Crippen LogP contribution < -0.4 is 28.3 Å². The lowest BCUT2D eigenvalue weighted by Gasteiger charge is -2.33. The Morgan fingerprint density at radius 1 is 0.654 bits per heavy atom. The highest BCUT2D eigenvalue weighted by atomic mass is 35.5. The standard InChI is InChI=1S/C33H38P.C20H28O2.C15H24O.C5H6O3.ClH/c1-27(22-23-32-28(2)15-14-25-33(32,3)4)24-26-34(29-16-8-5-9-17-29,30-18-10-6-11-19-30)31-20-12-7-13-21-31;1-15(8-6-9-16(2)14-19(21)22)11-12-18-17(3)10-7-13-20(18,4)5;1-6-15(5,16)11-9-13-12(2)8-7-10-14(13,3)4;1-3-2-4(6)8-5(3)7;/h5-13,16-24H,14-15,25-26H2,1-4H3;6,8-9,11-12,14H,7,10,13H2,1-5H3,(H,21,22);6,9,11,16H,1,7-8,10H2,2-5H3;2,5,7H,1H3;1H/q+1;;;;/p-1/b23-22+,27-24+;9-6+,12-11+,15-8+,16-14-;11-9+;;. The molecule has 3 aliphatic carbocycles. The fourth-order valence-electron chi connectivity index (χ4n) is 11.1. The largest absolute Gasteiger partial charge is 1.00 e. The van der Waals surface area contributed by atoms with Crippen LogP contribution in [0.4, 0.5) is 0 Å². The summed E-state index contributed by atoms with van der Waals surface area (Å²) < 4.78 is 4.30. The predicted molar refractivity (Wildman–Crippen MR) is 343 cm³/mol. The topological polar surface area (TPSA) is 104 Å². The highest BCUT2D eigenvalue weighted by Gasteiger charge is 2.44. The molecule has 4 aliphatic rings. The van der Waals surface area contributed by atoms with Crippen molar-refractivity contribution in [3.8, 4) is 0 Å². The van der Waals surface area contributed by atoms with Gasteiger partial charge in [0.1, 0.15) is 23.2 Å².